The highest BCUT2D eigenvalue weighted by molar-refractivity contribution is 6.00. The molecule has 0 saturated heterocycles. The zero-order valence-electron chi connectivity index (χ0n) is 16.3. The zero-order valence-corrected chi connectivity index (χ0v) is 16.3. The fraction of sp³-hybridized carbons (Fsp3) is 0.476. The maximum atomic E-state index is 13.6. The van der Waals surface area contributed by atoms with E-state index in [1.807, 2.05) is 6.92 Å². The van der Waals surface area contributed by atoms with E-state index in [0.29, 0.717) is 16.4 Å². The number of fused-ring (bicyclic) bond motifs is 3. The summed E-state index contributed by atoms with van der Waals surface area (Å²) in [5.74, 6) is 1.49. The van der Waals surface area contributed by atoms with E-state index in [9.17, 15) is 18.0 Å². The van der Waals surface area contributed by atoms with Gasteiger partial charge in [-0.1, -0.05) is 6.42 Å². The van der Waals surface area contributed by atoms with E-state index in [1.54, 1.807) is 6.07 Å². The number of hydrogen-bond acceptors (Lipinski definition) is 4. The number of alkyl halides is 3. The Hall–Kier alpha value is -2.84. The Bertz CT molecular complexity index is 1090. The summed E-state index contributed by atoms with van der Waals surface area (Å²) in [4.78, 5) is 17.2. The average molecular weight is 418 g/mol. The van der Waals surface area contributed by atoms with Crippen molar-refractivity contribution in [1.82, 2.24) is 19.9 Å². The van der Waals surface area contributed by atoms with Crippen LogP contribution in [0.4, 0.5) is 13.2 Å². The summed E-state index contributed by atoms with van der Waals surface area (Å²) >= 11 is 0. The third kappa shape index (κ3) is 3.16. The average Bonchev–Trinajstić information content (AvgIpc) is 3.50. The number of amides is 1. The van der Waals surface area contributed by atoms with E-state index in [0.717, 1.165) is 24.6 Å². The third-order valence-electron chi connectivity index (χ3n) is 6.57. The maximum absolute atomic E-state index is 13.6. The van der Waals surface area contributed by atoms with Crippen LogP contribution >= 0.6 is 0 Å². The van der Waals surface area contributed by atoms with Gasteiger partial charge in [-0.15, -0.1) is 0 Å². The van der Waals surface area contributed by atoms with Gasteiger partial charge in [-0.3, -0.25) is 4.79 Å². The molecule has 0 radical (unpaired) electrons. The van der Waals surface area contributed by atoms with Crippen LogP contribution < -0.4 is 5.32 Å². The fourth-order valence-corrected chi connectivity index (χ4v) is 5.17. The van der Waals surface area contributed by atoms with Crippen molar-refractivity contribution in [3.63, 3.8) is 0 Å². The monoisotopic (exact) mass is 418 g/mol. The van der Waals surface area contributed by atoms with Crippen molar-refractivity contribution < 1.29 is 22.4 Å². The summed E-state index contributed by atoms with van der Waals surface area (Å²) < 4.78 is 46.8. The number of halogens is 3. The van der Waals surface area contributed by atoms with E-state index in [-0.39, 0.29) is 28.7 Å². The Kier molecular flexibility index (Phi) is 4.37. The van der Waals surface area contributed by atoms with Crippen molar-refractivity contribution >= 4 is 11.6 Å². The Balaban J connectivity index is 1.50. The molecule has 3 aromatic rings. The summed E-state index contributed by atoms with van der Waals surface area (Å²) in [5, 5.41) is 6.79. The smallest absolute Gasteiger partial charge is 0.433 e. The molecular weight excluding hydrogens is 397 g/mol. The van der Waals surface area contributed by atoms with E-state index in [4.69, 9.17) is 4.42 Å². The molecular formula is C21H21F3N4O2. The molecule has 2 aliphatic carbocycles. The highest BCUT2D eigenvalue weighted by atomic mass is 19.4. The number of nitrogens with zero attached hydrogens (tertiary/aromatic N) is 3. The first-order chi connectivity index (χ1) is 14.3. The standard InChI is InChI=1S/C21H21F3N4O2/c1-11(14-8-12-4-5-13(14)7-12)26-20(29)15-10-25-28-18(21(22,23)24)9-16(27-19(15)28)17-3-2-6-30-17/h2-3,6,9-14H,4-5,7-8H2,1H3,(H,26,29). The first kappa shape index (κ1) is 19.1. The quantitative estimate of drug-likeness (QED) is 0.674. The number of hydrogen-bond donors (Lipinski definition) is 1. The van der Waals surface area contributed by atoms with E-state index in [1.165, 1.54) is 31.6 Å². The van der Waals surface area contributed by atoms with Gasteiger partial charge < -0.3 is 9.73 Å². The predicted octanol–water partition coefficient (Wildman–Crippen LogP) is 4.56. The van der Waals surface area contributed by atoms with Crippen LogP contribution in [0, 0.1) is 17.8 Å². The SMILES string of the molecule is CC(NC(=O)c1cnn2c(C(F)(F)F)cc(-c3ccco3)nc12)C1CC2CCC1C2. The van der Waals surface area contributed by atoms with E-state index < -0.39 is 17.8 Å². The van der Waals surface area contributed by atoms with Gasteiger partial charge in [0.1, 0.15) is 11.3 Å². The molecule has 1 N–H and O–H groups in total. The van der Waals surface area contributed by atoms with Gasteiger partial charge in [0.05, 0.1) is 12.5 Å². The number of furan rings is 1. The number of carbonyl (C=O) groups excluding carboxylic acids is 1. The Morgan fingerprint density at radius 3 is 2.80 bits per heavy atom. The van der Waals surface area contributed by atoms with Crippen molar-refractivity contribution in [3.05, 3.63) is 41.9 Å². The lowest BCUT2D eigenvalue weighted by atomic mass is 9.84. The molecule has 158 valence electrons. The topological polar surface area (TPSA) is 72.4 Å². The number of rotatable bonds is 4. The molecule has 4 unspecified atom stereocenters. The third-order valence-corrected chi connectivity index (χ3v) is 6.57. The van der Waals surface area contributed by atoms with Crippen LogP contribution in [0.1, 0.15) is 48.7 Å². The van der Waals surface area contributed by atoms with Gasteiger partial charge in [0, 0.05) is 6.04 Å². The zero-order chi connectivity index (χ0) is 21.0. The van der Waals surface area contributed by atoms with Crippen molar-refractivity contribution in [3.8, 4) is 11.5 Å². The number of carbonyl (C=O) groups is 1. The predicted molar refractivity (Wildman–Crippen MR) is 102 cm³/mol. The summed E-state index contributed by atoms with van der Waals surface area (Å²) in [7, 11) is 0. The lowest BCUT2D eigenvalue weighted by molar-refractivity contribution is -0.142. The summed E-state index contributed by atoms with van der Waals surface area (Å²) in [6.45, 7) is 1.97. The van der Waals surface area contributed by atoms with Crippen LogP contribution in [0.15, 0.2) is 35.1 Å². The van der Waals surface area contributed by atoms with Crippen molar-refractivity contribution in [2.24, 2.45) is 17.8 Å². The summed E-state index contributed by atoms with van der Waals surface area (Å²) in [6, 6.07) is 3.90. The van der Waals surface area contributed by atoms with Gasteiger partial charge in [0.15, 0.2) is 17.1 Å². The normalized spacial score (nSPS) is 24.5. The van der Waals surface area contributed by atoms with Gasteiger partial charge in [0.2, 0.25) is 0 Å². The molecule has 3 heterocycles. The Morgan fingerprint density at radius 1 is 1.33 bits per heavy atom. The van der Waals surface area contributed by atoms with Gasteiger partial charge in [-0.25, -0.2) is 9.50 Å². The highest BCUT2D eigenvalue weighted by Gasteiger charge is 2.42. The second kappa shape index (κ2) is 6.85. The van der Waals surface area contributed by atoms with Gasteiger partial charge >= 0.3 is 6.18 Å². The first-order valence-electron chi connectivity index (χ1n) is 10.1. The van der Waals surface area contributed by atoms with Crippen molar-refractivity contribution in [2.45, 2.75) is 44.8 Å². The maximum Gasteiger partial charge on any atom is 0.433 e. The van der Waals surface area contributed by atoms with Crippen LogP contribution in [0.25, 0.3) is 17.1 Å². The molecule has 5 rings (SSSR count). The highest BCUT2D eigenvalue weighted by Crippen LogP contribution is 2.49. The molecule has 2 fully saturated rings. The lowest BCUT2D eigenvalue weighted by Crippen LogP contribution is -2.40. The molecule has 0 aromatic carbocycles. The minimum absolute atomic E-state index is 0.00414. The molecule has 3 aromatic heterocycles. The van der Waals surface area contributed by atoms with Gasteiger partial charge in [0.25, 0.3) is 5.91 Å². The Labute approximate surface area is 170 Å². The molecule has 9 heteroatoms. The molecule has 6 nitrogen and oxygen atoms in total. The second-order valence-corrected chi connectivity index (χ2v) is 8.40. The fourth-order valence-electron chi connectivity index (χ4n) is 5.17. The summed E-state index contributed by atoms with van der Waals surface area (Å²) in [6.07, 6.45) is 2.59. The van der Waals surface area contributed by atoms with Crippen LogP contribution in [-0.2, 0) is 6.18 Å². The molecule has 2 aliphatic rings. The molecule has 0 spiro atoms. The van der Waals surface area contributed by atoms with Gasteiger partial charge in [-0.05, 0) is 62.1 Å². The molecule has 0 aliphatic heterocycles. The summed E-state index contributed by atoms with van der Waals surface area (Å²) in [5.41, 5.74) is -1.15. The van der Waals surface area contributed by atoms with Crippen LogP contribution in [0.3, 0.4) is 0 Å². The molecule has 2 saturated carbocycles. The van der Waals surface area contributed by atoms with Crippen LogP contribution in [0.5, 0.6) is 0 Å². The molecule has 2 bridgehead atoms. The number of nitrogens with one attached hydrogen (secondary N) is 1. The molecule has 4 atom stereocenters. The lowest BCUT2D eigenvalue weighted by Gasteiger charge is -2.28. The Morgan fingerprint density at radius 2 is 2.17 bits per heavy atom. The van der Waals surface area contributed by atoms with Crippen molar-refractivity contribution in [2.75, 3.05) is 0 Å². The van der Waals surface area contributed by atoms with Crippen LogP contribution in [0.2, 0.25) is 0 Å². The minimum atomic E-state index is -4.67. The molecule has 1 amide bonds. The van der Waals surface area contributed by atoms with Crippen molar-refractivity contribution in [1.29, 1.82) is 0 Å². The first-order valence-corrected chi connectivity index (χ1v) is 10.1. The minimum Gasteiger partial charge on any atom is -0.463 e. The van der Waals surface area contributed by atoms with Gasteiger partial charge in [-0.2, -0.15) is 18.3 Å². The number of aromatic nitrogens is 3. The molecule has 30 heavy (non-hydrogen) atoms. The largest absolute Gasteiger partial charge is 0.463 e. The van der Waals surface area contributed by atoms with E-state index in [2.05, 4.69) is 15.4 Å². The van der Waals surface area contributed by atoms with Crippen LogP contribution in [-0.4, -0.2) is 26.5 Å². The van der Waals surface area contributed by atoms with E-state index >= 15 is 0 Å². The second-order valence-electron chi connectivity index (χ2n) is 8.40.